The number of carboxylic acid groups (broad SMARTS) is 1. The molecule has 1 N–H and O–H groups in total. The fourth-order valence-corrected chi connectivity index (χ4v) is 2.15. The van der Waals surface area contributed by atoms with Crippen LogP contribution in [0.5, 0.6) is 0 Å². The standard InChI is InChI=1S/C14H15NO3/c1-7(2)13-15-12-10(8-3-4-8)5-9(14(16)17)6-11(12)18-13/h5-8H,3-4H2,1-2H3,(H,16,17). The van der Waals surface area contributed by atoms with Crippen LogP contribution >= 0.6 is 0 Å². The van der Waals surface area contributed by atoms with E-state index in [1.165, 1.54) is 0 Å². The fourth-order valence-electron chi connectivity index (χ4n) is 2.15. The minimum Gasteiger partial charge on any atom is -0.478 e. The van der Waals surface area contributed by atoms with Crippen LogP contribution in [0.4, 0.5) is 0 Å². The number of nitrogens with zero attached hydrogens (tertiary/aromatic N) is 1. The summed E-state index contributed by atoms with van der Waals surface area (Å²) in [6.45, 7) is 4.03. The Morgan fingerprint density at radius 1 is 1.44 bits per heavy atom. The van der Waals surface area contributed by atoms with E-state index < -0.39 is 5.97 Å². The number of hydrogen-bond acceptors (Lipinski definition) is 3. The predicted octanol–water partition coefficient (Wildman–Crippen LogP) is 3.53. The highest BCUT2D eigenvalue weighted by molar-refractivity contribution is 5.93. The molecule has 1 heterocycles. The van der Waals surface area contributed by atoms with Gasteiger partial charge in [0.05, 0.1) is 5.56 Å². The number of rotatable bonds is 3. The molecule has 1 aromatic heterocycles. The number of aromatic carboxylic acids is 1. The highest BCUT2D eigenvalue weighted by Gasteiger charge is 2.28. The second-order valence-corrected chi connectivity index (χ2v) is 5.20. The van der Waals surface area contributed by atoms with Gasteiger partial charge < -0.3 is 9.52 Å². The van der Waals surface area contributed by atoms with Crippen LogP contribution in [-0.4, -0.2) is 16.1 Å². The second kappa shape index (κ2) is 3.83. The lowest BCUT2D eigenvalue weighted by molar-refractivity contribution is 0.0697. The summed E-state index contributed by atoms with van der Waals surface area (Å²) in [5.41, 5.74) is 2.75. The molecule has 2 aromatic rings. The van der Waals surface area contributed by atoms with Crippen LogP contribution < -0.4 is 0 Å². The molecular formula is C14H15NO3. The molecule has 0 saturated heterocycles. The second-order valence-electron chi connectivity index (χ2n) is 5.20. The van der Waals surface area contributed by atoms with Gasteiger partial charge in [0.1, 0.15) is 5.52 Å². The molecule has 4 nitrogen and oxygen atoms in total. The Balaban J connectivity index is 2.24. The first-order valence-electron chi connectivity index (χ1n) is 6.24. The first-order chi connectivity index (χ1) is 8.56. The molecule has 0 unspecified atom stereocenters. The molecule has 0 amide bonds. The largest absolute Gasteiger partial charge is 0.478 e. The van der Waals surface area contributed by atoms with Crippen molar-refractivity contribution in [3.05, 3.63) is 29.2 Å². The number of oxazole rings is 1. The van der Waals surface area contributed by atoms with Gasteiger partial charge in [0.25, 0.3) is 0 Å². The van der Waals surface area contributed by atoms with E-state index in [0.717, 1.165) is 23.9 Å². The van der Waals surface area contributed by atoms with Gasteiger partial charge in [0, 0.05) is 5.92 Å². The highest BCUT2D eigenvalue weighted by Crippen LogP contribution is 2.43. The molecule has 18 heavy (non-hydrogen) atoms. The molecule has 1 saturated carbocycles. The Hall–Kier alpha value is -1.84. The summed E-state index contributed by atoms with van der Waals surface area (Å²) in [6.07, 6.45) is 2.23. The van der Waals surface area contributed by atoms with Gasteiger partial charge >= 0.3 is 5.97 Å². The van der Waals surface area contributed by atoms with Crippen LogP contribution in [0.3, 0.4) is 0 Å². The maximum atomic E-state index is 11.1. The van der Waals surface area contributed by atoms with Crippen molar-refractivity contribution in [2.45, 2.75) is 38.5 Å². The number of carboxylic acids is 1. The van der Waals surface area contributed by atoms with Crippen LogP contribution in [-0.2, 0) is 0 Å². The zero-order valence-electron chi connectivity index (χ0n) is 10.4. The Morgan fingerprint density at radius 2 is 2.17 bits per heavy atom. The zero-order chi connectivity index (χ0) is 12.9. The van der Waals surface area contributed by atoms with Crippen LogP contribution in [0, 0.1) is 0 Å². The minimum atomic E-state index is -0.915. The lowest BCUT2D eigenvalue weighted by Crippen LogP contribution is -1.97. The maximum absolute atomic E-state index is 11.1. The molecule has 0 aliphatic heterocycles. The molecule has 0 atom stereocenters. The molecule has 1 aliphatic carbocycles. The third-order valence-corrected chi connectivity index (χ3v) is 3.30. The van der Waals surface area contributed by atoms with E-state index in [4.69, 9.17) is 9.52 Å². The van der Waals surface area contributed by atoms with E-state index in [9.17, 15) is 4.79 Å². The van der Waals surface area contributed by atoms with Crippen molar-refractivity contribution in [3.63, 3.8) is 0 Å². The van der Waals surface area contributed by atoms with Gasteiger partial charge in [-0.1, -0.05) is 13.8 Å². The molecule has 1 aromatic carbocycles. The van der Waals surface area contributed by atoms with Crippen LogP contribution in [0.25, 0.3) is 11.1 Å². The maximum Gasteiger partial charge on any atom is 0.335 e. The van der Waals surface area contributed by atoms with Crippen LogP contribution in [0.15, 0.2) is 16.5 Å². The van der Waals surface area contributed by atoms with Crippen LogP contribution in [0.2, 0.25) is 0 Å². The molecule has 1 aliphatic rings. The van der Waals surface area contributed by atoms with E-state index in [1.807, 2.05) is 13.8 Å². The average Bonchev–Trinajstić information content (AvgIpc) is 3.05. The summed E-state index contributed by atoms with van der Waals surface area (Å²) in [5, 5.41) is 9.12. The highest BCUT2D eigenvalue weighted by atomic mass is 16.4. The van der Waals surface area contributed by atoms with Crippen molar-refractivity contribution in [1.29, 1.82) is 0 Å². The van der Waals surface area contributed by atoms with Crippen molar-refractivity contribution < 1.29 is 14.3 Å². The van der Waals surface area contributed by atoms with E-state index >= 15 is 0 Å². The number of aromatic nitrogens is 1. The monoisotopic (exact) mass is 245 g/mol. The molecule has 4 heteroatoms. The number of carbonyl (C=O) groups is 1. The van der Waals surface area contributed by atoms with Gasteiger partial charge in [-0.2, -0.15) is 0 Å². The van der Waals surface area contributed by atoms with Gasteiger partial charge in [-0.15, -0.1) is 0 Å². The van der Waals surface area contributed by atoms with Crippen molar-refractivity contribution >= 4 is 17.1 Å². The number of fused-ring (bicyclic) bond motifs is 1. The van der Waals surface area contributed by atoms with E-state index in [1.54, 1.807) is 12.1 Å². The van der Waals surface area contributed by atoms with Crippen molar-refractivity contribution in [2.75, 3.05) is 0 Å². The van der Waals surface area contributed by atoms with Crippen molar-refractivity contribution in [3.8, 4) is 0 Å². The number of benzene rings is 1. The molecule has 1 fully saturated rings. The predicted molar refractivity (Wildman–Crippen MR) is 67.0 cm³/mol. The SMILES string of the molecule is CC(C)c1nc2c(C3CC3)cc(C(=O)O)cc2o1. The molecule has 0 spiro atoms. The third-order valence-electron chi connectivity index (χ3n) is 3.30. The van der Waals surface area contributed by atoms with Crippen LogP contribution in [0.1, 0.15) is 60.3 Å². The summed E-state index contributed by atoms with van der Waals surface area (Å²) in [7, 11) is 0. The van der Waals surface area contributed by atoms with E-state index in [2.05, 4.69) is 4.98 Å². The van der Waals surface area contributed by atoms with Crippen molar-refractivity contribution in [2.24, 2.45) is 0 Å². The third kappa shape index (κ3) is 1.78. The van der Waals surface area contributed by atoms with Gasteiger partial charge in [-0.3, -0.25) is 0 Å². The Morgan fingerprint density at radius 3 is 2.72 bits per heavy atom. The summed E-state index contributed by atoms with van der Waals surface area (Å²) in [4.78, 5) is 15.6. The zero-order valence-corrected chi connectivity index (χ0v) is 10.4. The molecular weight excluding hydrogens is 230 g/mol. The Bertz CT molecular complexity index is 623. The summed E-state index contributed by atoms with van der Waals surface area (Å²) < 4.78 is 5.66. The normalized spacial score (nSPS) is 15.5. The lowest BCUT2D eigenvalue weighted by atomic mass is 10.1. The molecule has 3 rings (SSSR count). The first kappa shape index (κ1) is 11.3. The van der Waals surface area contributed by atoms with E-state index in [-0.39, 0.29) is 11.5 Å². The molecule has 94 valence electrons. The summed E-state index contributed by atoms with van der Waals surface area (Å²) in [5.74, 6) is 0.422. The Kier molecular flexibility index (Phi) is 2.40. The van der Waals surface area contributed by atoms with Gasteiger partial charge in [-0.25, -0.2) is 9.78 Å². The van der Waals surface area contributed by atoms with E-state index in [0.29, 0.717) is 17.4 Å². The van der Waals surface area contributed by atoms with Gasteiger partial charge in [0.15, 0.2) is 11.5 Å². The molecule has 0 radical (unpaired) electrons. The fraction of sp³-hybridized carbons (Fsp3) is 0.429. The topological polar surface area (TPSA) is 63.3 Å². The van der Waals surface area contributed by atoms with Gasteiger partial charge in [0.2, 0.25) is 0 Å². The summed E-state index contributed by atoms with van der Waals surface area (Å²) >= 11 is 0. The average molecular weight is 245 g/mol. The van der Waals surface area contributed by atoms with Gasteiger partial charge in [-0.05, 0) is 36.5 Å². The smallest absolute Gasteiger partial charge is 0.335 e. The van der Waals surface area contributed by atoms with Crippen molar-refractivity contribution in [1.82, 2.24) is 4.98 Å². The quantitative estimate of drug-likeness (QED) is 0.898. The summed E-state index contributed by atoms with van der Waals surface area (Å²) in [6, 6.07) is 3.32. The number of hydrogen-bond donors (Lipinski definition) is 1. The molecule has 0 bridgehead atoms. The Labute approximate surface area is 105 Å². The minimum absolute atomic E-state index is 0.206. The lowest BCUT2D eigenvalue weighted by Gasteiger charge is -2.01. The first-order valence-corrected chi connectivity index (χ1v) is 6.24.